The molecule has 1 saturated heterocycles. The number of ether oxygens (including phenoxy) is 3. The van der Waals surface area contributed by atoms with Crippen molar-refractivity contribution in [2.24, 2.45) is 10.9 Å². The van der Waals surface area contributed by atoms with Crippen LogP contribution in [0.4, 0.5) is 0 Å². The summed E-state index contributed by atoms with van der Waals surface area (Å²) in [4.78, 5) is 29.7. The smallest absolute Gasteiger partial charge is 0.307 e. The van der Waals surface area contributed by atoms with Crippen LogP contribution in [0.3, 0.4) is 0 Å². The van der Waals surface area contributed by atoms with Gasteiger partial charge in [0.25, 0.3) is 5.91 Å². The molecular weight excluding hydrogens is 518 g/mol. The maximum atomic E-state index is 13.1. The van der Waals surface area contributed by atoms with Crippen LogP contribution in [0.1, 0.15) is 36.5 Å². The molecule has 1 aromatic heterocycles. The van der Waals surface area contributed by atoms with Gasteiger partial charge in [0.05, 0.1) is 28.6 Å². The molecule has 3 aromatic rings. The number of fused-ring (bicyclic) bond motifs is 2. The van der Waals surface area contributed by atoms with Gasteiger partial charge in [-0.15, -0.1) is 0 Å². The monoisotopic (exact) mass is 545 g/mol. The van der Waals surface area contributed by atoms with Crippen molar-refractivity contribution >= 4 is 43.5 Å². The molecule has 3 heterocycles. The highest BCUT2D eigenvalue weighted by atomic mass is 32.2. The Bertz CT molecular complexity index is 1520. The molecular formula is C25H27N3O7S2. The Morgan fingerprint density at radius 1 is 1.16 bits per heavy atom. The van der Waals surface area contributed by atoms with E-state index in [2.05, 4.69) is 4.99 Å². The number of rotatable bonds is 6. The number of piperidine rings is 1. The average Bonchev–Trinajstić information content (AvgIpc) is 3.49. The summed E-state index contributed by atoms with van der Waals surface area (Å²) in [6.07, 6.45) is 1.95. The Balaban J connectivity index is 1.46. The van der Waals surface area contributed by atoms with E-state index in [1.54, 1.807) is 10.6 Å². The predicted octanol–water partition coefficient (Wildman–Crippen LogP) is 3.16. The molecule has 1 amide bonds. The molecule has 0 aliphatic carbocycles. The van der Waals surface area contributed by atoms with Crippen LogP contribution in [0, 0.1) is 5.92 Å². The quantitative estimate of drug-likeness (QED) is 0.437. The Labute approximate surface area is 218 Å². The van der Waals surface area contributed by atoms with E-state index in [-0.39, 0.29) is 36.2 Å². The van der Waals surface area contributed by atoms with E-state index in [0.29, 0.717) is 35.3 Å². The zero-order valence-corrected chi connectivity index (χ0v) is 22.1. The topological polar surface area (TPSA) is 117 Å². The molecule has 1 fully saturated rings. The summed E-state index contributed by atoms with van der Waals surface area (Å²) in [6, 6.07) is 9.49. The summed E-state index contributed by atoms with van der Waals surface area (Å²) in [5, 5.41) is 0. The van der Waals surface area contributed by atoms with Crippen molar-refractivity contribution in [2.75, 3.05) is 27.0 Å². The van der Waals surface area contributed by atoms with Crippen LogP contribution in [0.5, 0.6) is 11.5 Å². The van der Waals surface area contributed by atoms with Crippen molar-refractivity contribution in [2.45, 2.75) is 37.6 Å². The first-order valence-electron chi connectivity index (χ1n) is 12.0. The molecule has 2 aromatic carbocycles. The normalized spacial score (nSPS) is 18.3. The van der Waals surface area contributed by atoms with Gasteiger partial charge in [-0.2, -0.15) is 9.30 Å². The second kappa shape index (κ2) is 10.3. The van der Waals surface area contributed by atoms with Crippen LogP contribution in [0.15, 0.2) is 46.3 Å². The Hall–Kier alpha value is -3.22. The number of carbonyl (C=O) groups excluding carboxylic acids is 2. The molecule has 0 N–H and O–H groups in total. The third kappa shape index (κ3) is 5.13. The van der Waals surface area contributed by atoms with E-state index in [4.69, 9.17) is 14.2 Å². The van der Waals surface area contributed by atoms with E-state index in [1.807, 2.05) is 13.0 Å². The van der Waals surface area contributed by atoms with Gasteiger partial charge in [-0.25, -0.2) is 8.42 Å². The highest BCUT2D eigenvalue weighted by Gasteiger charge is 2.28. The van der Waals surface area contributed by atoms with Gasteiger partial charge in [-0.05, 0) is 43.0 Å². The van der Waals surface area contributed by atoms with Crippen LogP contribution in [0.2, 0.25) is 0 Å². The summed E-state index contributed by atoms with van der Waals surface area (Å²) in [6.45, 7) is 3.43. The molecule has 196 valence electrons. The lowest BCUT2D eigenvalue weighted by Crippen LogP contribution is -2.39. The number of benzene rings is 2. The molecule has 1 atom stereocenters. The minimum atomic E-state index is -3.62. The third-order valence-electron chi connectivity index (χ3n) is 6.50. The van der Waals surface area contributed by atoms with Gasteiger partial charge in [0.15, 0.2) is 16.3 Å². The number of hydrogen-bond donors (Lipinski definition) is 0. The lowest BCUT2D eigenvalue weighted by molar-refractivity contribution is -0.140. The van der Waals surface area contributed by atoms with Crippen molar-refractivity contribution in [3.05, 3.63) is 46.8 Å². The van der Waals surface area contributed by atoms with Gasteiger partial charge in [0, 0.05) is 37.3 Å². The number of hydrogen-bond acceptors (Lipinski definition) is 8. The minimum absolute atomic E-state index is 0.0970. The van der Waals surface area contributed by atoms with Crippen molar-refractivity contribution in [1.82, 2.24) is 8.87 Å². The largest absolute Gasteiger partial charge is 0.469 e. The number of aryl methyl sites for hydroxylation is 1. The van der Waals surface area contributed by atoms with Gasteiger partial charge < -0.3 is 18.8 Å². The van der Waals surface area contributed by atoms with Crippen LogP contribution in [0.25, 0.3) is 10.2 Å². The summed E-state index contributed by atoms with van der Waals surface area (Å²) >= 11 is 1.28. The fourth-order valence-electron chi connectivity index (χ4n) is 4.50. The maximum Gasteiger partial charge on any atom is 0.307 e. The molecule has 0 radical (unpaired) electrons. The number of esters is 1. The Morgan fingerprint density at radius 3 is 2.59 bits per heavy atom. The van der Waals surface area contributed by atoms with E-state index in [9.17, 15) is 18.0 Å². The molecule has 37 heavy (non-hydrogen) atoms. The highest BCUT2D eigenvalue weighted by Crippen LogP contribution is 2.37. The average molecular weight is 546 g/mol. The summed E-state index contributed by atoms with van der Waals surface area (Å²) < 4.78 is 45.9. The first-order valence-corrected chi connectivity index (χ1v) is 14.2. The number of nitrogens with zero attached hydrogens (tertiary/aromatic N) is 3. The van der Waals surface area contributed by atoms with Gasteiger partial charge in [0.2, 0.25) is 16.8 Å². The SMILES string of the molecule is COC(=O)CCn1c(=NC(=O)c2ccc(S(=O)(=O)N3CCCC(C)C3)cc2)sc2cc3c(cc21)OCO3. The van der Waals surface area contributed by atoms with Gasteiger partial charge in [0.1, 0.15) is 0 Å². The molecule has 2 aliphatic heterocycles. The van der Waals surface area contributed by atoms with E-state index in [1.165, 1.54) is 47.0 Å². The summed E-state index contributed by atoms with van der Waals surface area (Å²) in [5.74, 6) is 0.593. The number of methoxy groups -OCH3 is 1. The van der Waals surface area contributed by atoms with Crippen LogP contribution in [-0.2, 0) is 26.1 Å². The molecule has 0 spiro atoms. The molecule has 2 aliphatic rings. The molecule has 1 unspecified atom stereocenters. The fraction of sp³-hybridized carbons (Fsp3) is 0.400. The highest BCUT2D eigenvalue weighted by molar-refractivity contribution is 7.89. The number of carbonyl (C=O) groups is 2. The van der Waals surface area contributed by atoms with Gasteiger partial charge >= 0.3 is 5.97 Å². The van der Waals surface area contributed by atoms with E-state index < -0.39 is 15.9 Å². The van der Waals surface area contributed by atoms with Crippen molar-refractivity contribution in [3.8, 4) is 11.5 Å². The van der Waals surface area contributed by atoms with Gasteiger partial charge in [-0.1, -0.05) is 18.3 Å². The molecule has 12 heteroatoms. The van der Waals surface area contributed by atoms with E-state index in [0.717, 1.165) is 23.1 Å². The Morgan fingerprint density at radius 2 is 1.89 bits per heavy atom. The van der Waals surface area contributed by atoms with Crippen molar-refractivity contribution in [3.63, 3.8) is 0 Å². The molecule has 0 bridgehead atoms. The number of thiazole rings is 1. The standard InChI is InChI=1S/C25H27N3O7S2/c1-16-4-3-10-27(14-16)37(31,32)18-7-5-17(6-8-18)24(30)26-25-28(11-9-23(29)33-2)19-12-20-21(35-15-34-20)13-22(19)36-25/h5-8,12-13,16H,3-4,9-11,14-15H2,1-2H3. The second-order valence-electron chi connectivity index (χ2n) is 9.09. The lowest BCUT2D eigenvalue weighted by Gasteiger charge is -2.30. The fourth-order valence-corrected chi connectivity index (χ4v) is 7.16. The third-order valence-corrected chi connectivity index (χ3v) is 9.42. The number of aromatic nitrogens is 1. The maximum absolute atomic E-state index is 13.1. The van der Waals surface area contributed by atoms with Crippen molar-refractivity contribution in [1.29, 1.82) is 0 Å². The van der Waals surface area contributed by atoms with Crippen LogP contribution < -0.4 is 14.3 Å². The summed E-state index contributed by atoms with van der Waals surface area (Å²) in [5.41, 5.74) is 1.01. The number of sulfonamides is 1. The summed E-state index contributed by atoms with van der Waals surface area (Å²) in [7, 11) is -2.30. The van der Waals surface area contributed by atoms with Crippen LogP contribution in [-0.4, -0.2) is 56.2 Å². The molecule has 10 nitrogen and oxygen atoms in total. The first kappa shape index (κ1) is 25.4. The molecule has 5 rings (SSSR count). The zero-order chi connectivity index (χ0) is 26.2. The first-order chi connectivity index (χ1) is 17.8. The number of amides is 1. The zero-order valence-electron chi connectivity index (χ0n) is 20.5. The Kier molecular flexibility index (Phi) is 7.06. The second-order valence-corrected chi connectivity index (χ2v) is 12.0. The molecule has 0 saturated carbocycles. The predicted molar refractivity (Wildman–Crippen MR) is 136 cm³/mol. The van der Waals surface area contributed by atoms with Gasteiger partial charge in [-0.3, -0.25) is 9.59 Å². The van der Waals surface area contributed by atoms with E-state index >= 15 is 0 Å². The van der Waals surface area contributed by atoms with Crippen LogP contribution >= 0.6 is 11.3 Å². The lowest BCUT2D eigenvalue weighted by atomic mass is 10.0. The minimum Gasteiger partial charge on any atom is -0.469 e. The van der Waals surface area contributed by atoms with Crippen molar-refractivity contribution < 1.29 is 32.2 Å².